The van der Waals surface area contributed by atoms with Crippen molar-refractivity contribution >= 4 is 41.1 Å². The molecule has 3 N–H and O–H groups in total. The van der Waals surface area contributed by atoms with E-state index in [9.17, 15) is 23.2 Å². The van der Waals surface area contributed by atoms with Crippen molar-refractivity contribution in [3.05, 3.63) is 99.2 Å². The van der Waals surface area contributed by atoms with Crippen LogP contribution in [-0.2, 0) is 29.1 Å². The quantitative estimate of drug-likeness (QED) is 0.132. The van der Waals surface area contributed by atoms with Crippen LogP contribution in [0, 0.1) is 23.0 Å². The molecule has 1 atom stereocenters. The Bertz CT molecular complexity index is 2360. The van der Waals surface area contributed by atoms with Crippen LogP contribution in [0.15, 0.2) is 48.5 Å². The molecule has 0 bridgehead atoms. The number of alkyl halides is 2. The van der Waals surface area contributed by atoms with Crippen molar-refractivity contribution < 1.29 is 36.7 Å². The van der Waals surface area contributed by atoms with Gasteiger partial charge in [-0.2, -0.15) is 0 Å². The first-order valence-electron chi connectivity index (χ1n) is 22.7. The summed E-state index contributed by atoms with van der Waals surface area (Å²) in [5.74, 6) is -1.47. The Hall–Kier alpha value is -5.28. The Morgan fingerprint density at radius 3 is 2.17 bits per heavy atom. The molecule has 2 saturated heterocycles. The highest BCUT2D eigenvalue weighted by atomic mass is 19.3. The van der Waals surface area contributed by atoms with Crippen molar-refractivity contribution in [2.24, 2.45) is 17.1 Å². The second-order valence-corrected chi connectivity index (χ2v) is 18.7. The van der Waals surface area contributed by atoms with Crippen LogP contribution in [0.3, 0.4) is 0 Å². The number of carbonyl (C=O) groups excluding carboxylic acids is 4. The van der Waals surface area contributed by atoms with Gasteiger partial charge in [-0.3, -0.25) is 29.0 Å². The average Bonchev–Trinajstić information content (AvgIpc) is 3.91. The zero-order valence-corrected chi connectivity index (χ0v) is 36.9. The highest BCUT2D eigenvalue weighted by Crippen LogP contribution is 2.54. The fourth-order valence-electron chi connectivity index (χ4n) is 10.9. The number of hydrogen-bond acceptors (Lipinski definition) is 7. The number of fused-ring (bicyclic) bond motifs is 4. The number of likely N-dealkylation sites (tertiary alicyclic amines) is 1. The summed E-state index contributed by atoms with van der Waals surface area (Å²) >= 11 is 0. The predicted molar refractivity (Wildman–Crippen MR) is 237 cm³/mol. The number of halogens is 4. The molecule has 2 saturated carbocycles. The fraction of sp³-hybridized carbons (Fsp3) is 0.510. The molecule has 64 heavy (non-hydrogen) atoms. The predicted octanol–water partition coefficient (Wildman–Crippen LogP) is 7.45. The van der Waals surface area contributed by atoms with Crippen LogP contribution in [0.25, 0.3) is 10.9 Å². The molecule has 10 rings (SSSR count). The maximum Gasteiger partial charge on any atom is 0.254 e. The van der Waals surface area contributed by atoms with Crippen LogP contribution in [0.1, 0.15) is 113 Å². The second-order valence-electron chi connectivity index (χ2n) is 18.7. The summed E-state index contributed by atoms with van der Waals surface area (Å²) in [6.45, 7) is 7.95. The van der Waals surface area contributed by atoms with Gasteiger partial charge in [-0.25, -0.2) is 17.6 Å². The number of para-hydroxylation sites is 1. The molecule has 3 amide bonds. The Labute approximate surface area is 371 Å². The summed E-state index contributed by atoms with van der Waals surface area (Å²) in [5.41, 5.74) is 9.71. The zero-order chi connectivity index (χ0) is 45.4. The summed E-state index contributed by atoms with van der Waals surface area (Å²) in [4.78, 5) is 60.2. The molecule has 5 heterocycles. The van der Waals surface area contributed by atoms with Crippen LogP contribution >= 0.6 is 0 Å². The molecule has 6 aliphatic rings. The standard InChI is InChI=1S/C45H48F4N6O3.C3H8.CH3NO/c1-51(30-6-7-30)44(58)35-15-27-21-54(20-26(27)14-28(35)23-56)31-8-11-52(12-9-31)43(57)29-18-45(19-29)24-55(25-45)32-16-36(46)40(37(47)17-32)42-41-34(10-13-53(42)22-39(48)49)33-4-2-3-5-38(33)50-41;1-3-2;2-1-3/h2-5,14-17,23,29-31,39,42,50H,6-13,18-22,24-25H2,1H3;3H2,1-2H3;1H,(H2,2,3)/t42-;;/m1../s1. The first kappa shape index (κ1) is 45.3. The van der Waals surface area contributed by atoms with E-state index in [0.29, 0.717) is 61.1 Å². The minimum Gasteiger partial charge on any atom is -0.372 e. The molecular weight excluding hydrogens is 827 g/mol. The van der Waals surface area contributed by atoms with Gasteiger partial charge in [0.1, 0.15) is 11.6 Å². The number of piperidine rings is 1. The number of nitrogens with two attached hydrogens (primary N) is 1. The normalized spacial score (nSPS) is 20.7. The topological polar surface area (TPSA) is 126 Å². The molecular formula is C49H59F4N7O4. The van der Waals surface area contributed by atoms with Crippen molar-refractivity contribution in [3.63, 3.8) is 0 Å². The molecule has 4 aromatic rings. The number of benzene rings is 3. The molecule has 342 valence electrons. The number of rotatable bonds is 9. The molecule has 15 heteroatoms. The zero-order valence-electron chi connectivity index (χ0n) is 36.9. The van der Waals surface area contributed by atoms with E-state index in [1.807, 2.05) is 53.2 Å². The first-order valence-corrected chi connectivity index (χ1v) is 22.7. The Morgan fingerprint density at radius 1 is 0.938 bits per heavy atom. The van der Waals surface area contributed by atoms with Crippen LogP contribution in [0.4, 0.5) is 23.2 Å². The van der Waals surface area contributed by atoms with Gasteiger partial charge >= 0.3 is 0 Å². The molecule has 0 radical (unpaired) electrons. The average molecular weight is 886 g/mol. The number of hydrogen-bond donors (Lipinski definition) is 2. The van der Waals surface area contributed by atoms with Crippen molar-refractivity contribution in [3.8, 4) is 0 Å². The van der Waals surface area contributed by atoms with Gasteiger partial charge in [0.05, 0.1) is 18.2 Å². The molecule has 2 aliphatic carbocycles. The number of anilines is 1. The van der Waals surface area contributed by atoms with Crippen LogP contribution in [-0.4, -0.2) is 114 Å². The van der Waals surface area contributed by atoms with Crippen molar-refractivity contribution in [2.45, 2.75) is 103 Å². The van der Waals surface area contributed by atoms with Crippen LogP contribution in [0.5, 0.6) is 0 Å². The molecule has 1 spiro atoms. The van der Waals surface area contributed by atoms with Crippen LogP contribution in [0.2, 0.25) is 0 Å². The molecule has 3 aromatic carbocycles. The number of aromatic nitrogens is 1. The van der Waals surface area contributed by atoms with E-state index >= 15 is 8.78 Å². The van der Waals surface area contributed by atoms with E-state index in [4.69, 9.17) is 4.79 Å². The van der Waals surface area contributed by atoms with E-state index in [1.165, 1.54) is 23.5 Å². The van der Waals surface area contributed by atoms with Crippen molar-refractivity contribution in [2.75, 3.05) is 51.2 Å². The smallest absolute Gasteiger partial charge is 0.254 e. The summed E-state index contributed by atoms with van der Waals surface area (Å²) in [6, 6.07) is 13.6. The van der Waals surface area contributed by atoms with E-state index in [-0.39, 0.29) is 47.7 Å². The van der Waals surface area contributed by atoms with Gasteiger partial charge in [-0.05, 0) is 92.0 Å². The van der Waals surface area contributed by atoms with Crippen LogP contribution < -0.4 is 10.6 Å². The number of H-pyrrole nitrogens is 1. The number of primary amides is 1. The molecule has 4 aliphatic heterocycles. The number of aldehydes is 1. The maximum atomic E-state index is 16.1. The van der Waals surface area contributed by atoms with Gasteiger partial charge < -0.3 is 25.4 Å². The number of aromatic amines is 1. The maximum absolute atomic E-state index is 16.1. The largest absolute Gasteiger partial charge is 0.372 e. The van der Waals surface area contributed by atoms with E-state index in [2.05, 4.69) is 29.5 Å². The van der Waals surface area contributed by atoms with E-state index in [1.54, 1.807) is 4.90 Å². The van der Waals surface area contributed by atoms with E-state index in [0.717, 1.165) is 85.5 Å². The lowest BCUT2D eigenvalue weighted by atomic mass is 9.57. The first-order chi connectivity index (χ1) is 30.8. The fourth-order valence-corrected chi connectivity index (χ4v) is 10.9. The molecule has 0 unspecified atom stereocenters. The Balaban J connectivity index is 0.000000886. The Kier molecular flexibility index (Phi) is 13.2. The van der Waals surface area contributed by atoms with Gasteiger partial charge in [0, 0.05) is 110 Å². The highest BCUT2D eigenvalue weighted by molar-refractivity contribution is 6.02. The van der Waals surface area contributed by atoms with Gasteiger partial charge in [0.15, 0.2) is 6.29 Å². The Morgan fingerprint density at radius 2 is 1.56 bits per heavy atom. The summed E-state index contributed by atoms with van der Waals surface area (Å²) in [7, 11) is 1.81. The lowest BCUT2D eigenvalue weighted by Gasteiger charge is -2.60. The number of carbonyl (C=O) groups is 4. The van der Waals surface area contributed by atoms with Gasteiger partial charge in [-0.15, -0.1) is 0 Å². The number of nitrogens with one attached hydrogen (secondary N) is 1. The molecule has 4 fully saturated rings. The van der Waals surface area contributed by atoms with E-state index < -0.39 is 30.6 Å². The minimum atomic E-state index is -2.65. The van der Waals surface area contributed by atoms with Gasteiger partial charge in [0.25, 0.3) is 12.3 Å². The third-order valence-corrected chi connectivity index (χ3v) is 14.2. The van der Waals surface area contributed by atoms with Gasteiger partial charge in [0.2, 0.25) is 12.3 Å². The molecule has 1 aromatic heterocycles. The third-order valence-electron chi connectivity index (χ3n) is 14.2. The summed E-state index contributed by atoms with van der Waals surface area (Å²) in [5, 5.41) is 0.940. The SMILES string of the molecule is CCC.CN(C(=O)c1cc2c(cc1C=O)CN(C1CCN(C(=O)C3CC4(C3)CN(c3cc(F)c([C@@H]5c6[nH]c7ccccc7c6CCN5CC(F)F)c(F)c3)C4)CC1)C2)C1CC1.NC=O. The second kappa shape index (κ2) is 18.7. The van der Waals surface area contributed by atoms with Crippen molar-refractivity contribution in [1.29, 1.82) is 0 Å². The summed E-state index contributed by atoms with van der Waals surface area (Å²) in [6.07, 6.45) is 5.36. The highest BCUT2D eigenvalue weighted by Gasteiger charge is 2.55. The lowest BCUT2D eigenvalue weighted by Crippen LogP contribution is -2.64. The number of amides is 3. The summed E-state index contributed by atoms with van der Waals surface area (Å²) < 4.78 is 59.6. The number of nitrogens with zero attached hydrogens (tertiary/aromatic N) is 5. The lowest BCUT2D eigenvalue weighted by molar-refractivity contribution is -0.146. The third kappa shape index (κ3) is 8.77. The van der Waals surface area contributed by atoms with Crippen molar-refractivity contribution in [1.82, 2.24) is 24.6 Å². The minimum absolute atomic E-state index is 0.0592. The van der Waals surface area contributed by atoms with Gasteiger partial charge in [-0.1, -0.05) is 38.5 Å². The molecule has 11 nitrogen and oxygen atoms in total. The monoisotopic (exact) mass is 885 g/mol.